The second kappa shape index (κ2) is 5.64. The van der Waals surface area contributed by atoms with E-state index >= 15 is 0 Å². The van der Waals surface area contributed by atoms with Gasteiger partial charge in [0.1, 0.15) is 5.60 Å². The SMILES string of the molecule is CC(C)(C)OC(=O)c1ccc(C=CCN)cc1. The first-order valence-electron chi connectivity index (χ1n) is 5.62. The Bertz CT molecular complexity index is 399. The smallest absolute Gasteiger partial charge is 0.338 e. The summed E-state index contributed by atoms with van der Waals surface area (Å²) < 4.78 is 5.27. The van der Waals surface area contributed by atoms with Crippen LogP contribution in [0.2, 0.25) is 0 Å². The molecule has 0 radical (unpaired) electrons. The minimum atomic E-state index is -0.463. The third kappa shape index (κ3) is 4.83. The third-order valence-electron chi connectivity index (χ3n) is 1.99. The van der Waals surface area contributed by atoms with Gasteiger partial charge in [-0.25, -0.2) is 4.79 Å². The Hall–Kier alpha value is -1.61. The van der Waals surface area contributed by atoms with Crippen LogP contribution >= 0.6 is 0 Å². The highest BCUT2D eigenvalue weighted by Crippen LogP contribution is 2.13. The van der Waals surface area contributed by atoms with Gasteiger partial charge in [0, 0.05) is 6.54 Å². The average molecular weight is 233 g/mol. The monoisotopic (exact) mass is 233 g/mol. The molecule has 0 aliphatic rings. The number of carbonyl (C=O) groups is 1. The maximum Gasteiger partial charge on any atom is 0.338 e. The molecule has 3 heteroatoms. The van der Waals surface area contributed by atoms with E-state index in [4.69, 9.17) is 10.5 Å². The van der Waals surface area contributed by atoms with Crippen molar-refractivity contribution >= 4 is 12.0 Å². The molecular weight excluding hydrogens is 214 g/mol. The van der Waals surface area contributed by atoms with E-state index in [2.05, 4.69) is 0 Å². The zero-order valence-corrected chi connectivity index (χ0v) is 10.6. The fourth-order valence-corrected chi connectivity index (χ4v) is 1.27. The van der Waals surface area contributed by atoms with Crippen LogP contribution in [0.25, 0.3) is 6.08 Å². The lowest BCUT2D eigenvalue weighted by molar-refractivity contribution is 0.00696. The zero-order chi connectivity index (χ0) is 12.9. The fraction of sp³-hybridized carbons (Fsp3) is 0.357. The highest BCUT2D eigenvalue weighted by molar-refractivity contribution is 5.89. The molecule has 0 fully saturated rings. The Morgan fingerprint density at radius 1 is 1.29 bits per heavy atom. The zero-order valence-electron chi connectivity index (χ0n) is 10.6. The summed E-state index contributed by atoms with van der Waals surface area (Å²) in [6.45, 7) is 6.06. The Morgan fingerprint density at radius 2 is 1.88 bits per heavy atom. The van der Waals surface area contributed by atoms with Crippen LogP contribution in [-0.2, 0) is 4.74 Å². The van der Waals surface area contributed by atoms with Gasteiger partial charge < -0.3 is 10.5 Å². The number of benzene rings is 1. The number of hydrogen-bond donors (Lipinski definition) is 1. The number of rotatable bonds is 3. The maximum atomic E-state index is 11.7. The molecule has 0 saturated carbocycles. The summed E-state index contributed by atoms with van der Waals surface area (Å²) in [6, 6.07) is 7.24. The normalized spacial score (nSPS) is 11.8. The van der Waals surface area contributed by atoms with Crippen molar-refractivity contribution < 1.29 is 9.53 Å². The van der Waals surface area contributed by atoms with Gasteiger partial charge in [-0.2, -0.15) is 0 Å². The molecule has 2 N–H and O–H groups in total. The van der Waals surface area contributed by atoms with Crippen molar-refractivity contribution in [3.63, 3.8) is 0 Å². The van der Waals surface area contributed by atoms with Crippen molar-refractivity contribution in [2.24, 2.45) is 5.73 Å². The molecule has 0 aliphatic carbocycles. The van der Waals surface area contributed by atoms with Gasteiger partial charge in [-0.3, -0.25) is 0 Å². The highest BCUT2D eigenvalue weighted by atomic mass is 16.6. The number of nitrogens with two attached hydrogens (primary N) is 1. The summed E-state index contributed by atoms with van der Waals surface area (Å²) in [7, 11) is 0. The quantitative estimate of drug-likeness (QED) is 0.816. The molecule has 0 aliphatic heterocycles. The van der Waals surface area contributed by atoms with Crippen molar-refractivity contribution in [2.75, 3.05) is 6.54 Å². The van der Waals surface area contributed by atoms with Crippen LogP contribution in [0.5, 0.6) is 0 Å². The molecule has 1 rings (SSSR count). The van der Waals surface area contributed by atoms with Crippen LogP contribution in [-0.4, -0.2) is 18.1 Å². The first-order chi connectivity index (χ1) is 7.92. The van der Waals surface area contributed by atoms with Gasteiger partial charge in [0.05, 0.1) is 5.56 Å². The first-order valence-corrected chi connectivity index (χ1v) is 5.62. The van der Waals surface area contributed by atoms with E-state index in [0.717, 1.165) is 5.56 Å². The third-order valence-corrected chi connectivity index (χ3v) is 1.99. The van der Waals surface area contributed by atoms with Crippen LogP contribution < -0.4 is 5.73 Å². The van der Waals surface area contributed by atoms with E-state index < -0.39 is 5.60 Å². The number of carbonyl (C=O) groups excluding carboxylic acids is 1. The summed E-state index contributed by atoms with van der Waals surface area (Å²) in [4.78, 5) is 11.7. The predicted octanol–water partition coefficient (Wildman–Crippen LogP) is 2.61. The summed E-state index contributed by atoms with van der Waals surface area (Å²) in [5.74, 6) is -0.299. The minimum absolute atomic E-state index is 0.299. The second-order valence-electron chi connectivity index (χ2n) is 4.76. The number of hydrogen-bond acceptors (Lipinski definition) is 3. The molecule has 0 unspecified atom stereocenters. The van der Waals surface area contributed by atoms with E-state index in [1.165, 1.54) is 0 Å². The fourth-order valence-electron chi connectivity index (χ4n) is 1.27. The van der Waals surface area contributed by atoms with E-state index in [1.807, 2.05) is 45.1 Å². The molecule has 0 heterocycles. The predicted molar refractivity (Wildman–Crippen MR) is 69.7 cm³/mol. The molecule has 0 bridgehead atoms. The van der Waals surface area contributed by atoms with Gasteiger partial charge >= 0.3 is 5.97 Å². The van der Waals surface area contributed by atoms with Gasteiger partial charge in [-0.05, 0) is 38.5 Å². The lowest BCUT2D eigenvalue weighted by Gasteiger charge is -2.19. The summed E-state index contributed by atoms with van der Waals surface area (Å²) in [6.07, 6.45) is 3.78. The van der Waals surface area contributed by atoms with Gasteiger partial charge in [0.15, 0.2) is 0 Å². The van der Waals surface area contributed by atoms with Gasteiger partial charge in [0.2, 0.25) is 0 Å². The van der Waals surface area contributed by atoms with Crippen LogP contribution in [0.1, 0.15) is 36.7 Å². The number of ether oxygens (including phenoxy) is 1. The molecule has 1 aromatic rings. The van der Waals surface area contributed by atoms with E-state index in [1.54, 1.807) is 12.1 Å². The first kappa shape index (κ1) is 13.5. The van der Waals surface area contributed by atoms with Crippen molar-refractivity contribution in [3.8, 4) is 0 Å². The van der Waals surface area contributed by atoms with Crippen molar-refractivity contribution in [1.29, 1.82) is 0 Å². The lowest BCUT2D eigenvalue weighted by atomic mass is 10.1. The maximum absolute atomic E-state index is 11.7. The van der Waals surface area contributed by atoms with Crippen LogP contribution in [0.3, 0.4) is 0 Å². The molecule has 17 heavy (non-hydrogen) atoms. The van der Waals surface area contributed by atoms with Crippen molar-refractivity contribution in [1.82, 2.24) is 0 Å². The largest absolute Gasteiger partial charge is 0.456 e. The lowest BCUT2D eigenvalue weighted by Crippen LogP contribution is -2.23. The molecule has 0 spiro atoms. The van der Waals surface area contributed by atoms with E-state index in [0.29, 0.717) is 12.1 Å². The van der Waals surface area contributed by atoms with Crippen LogP contribution in [0.15, 0.2) is 30.3 Å². The second-order valence-corrected chi connectivity index (χ2v) is 4.76. The molecule has 3 nitrogen and oxygen atoms in total. The van der Waals surface area contributed by atoms with Crippen molar-refractivity contribution in [2.45, 2.75) is 26.4 Å². The molecule has 0 aromatic heterocycles. The molecule has 1 aromatic carbocycles. The summed E-state index contributed by atoms with van der Waals surface area (Å²) >= 11 is 0. The molecule has 92 valence electrons. The molecule has 0 amide bonds. The number of esters is 1. The van der Waals surface area contributed by atoms with Gasteiger partial charge in [0.25, 0.3) is 0 Å². The average Bonchev–Trinajstić information content (AvgIpc) is 2.24. The van der Waals surface area contributed by atoms with E-state index in [9.17, 15) is 4.79 Å². The topological polar surface area (TPSA) is 52.3 Å². The van der Waals surface area contributed by atoms with Crippen LogP contribution in [0, 0.1) is 0 Å². The molecular formula is C14H19NO2. The van der Waals surface area contributed by atoms with Crippen LogP contribution in [0.4, 0.5) is 0 Å². The van der Waals surface area contributed by atoms with Crippen molar-refractivity contribution in [3.05, 3.63) is 41.5 Å². The minimum Gasteiger partial charge on any atom is -0.456 e. The highest BCUT2D eigenvalue weighted by Gasteiger charge is 2.17. The summed E-state index contributed by atoms with van der Waals surface area (Å²) in [5.41, 5.74) is 6.48. The van der Waals surface area contributed by atoms with E-state index in [-0.39, 0.29) is 5.97 Å². The Morgan fingerprint density at radius 3 is 2.35 bits per heavy atom. The Kier molecular flexibility index (Phi) is 4.46. The Balaban J connectivity index is 2.74. The van der Waals surface area contributed by atoms with Gasteiger partial charge in [-0.1, -0.05) is 24.3 Å². The summed E-state index contributed by atoms with van der Waals surface area (Å²) in [5, 5.41) is 0. The standard InChI is InChI=1S/C14H19NO2/c1-14(2,3)17-13(16)12-8-6-11(7-9-12)5-4-10-15/h4-9H,10,15H2,1-3H3. The molecule has 0 atom stereocenters. The molecule has 0 saturated heterocycles. The Labute approximate surface area is 102 Å². The van der Waals surface area contributed by atoms with Gasteiger partial charge in [-0.15, -0.1) is 0 Å².